The largest absolute Gasteiger partial charge is 0.459 e. The molecule has 0 fully saturated rings. The lowest BCUT2D eigenvalue weighted by Crippen LogP contribution is -2.19. The van der Waals surface area contributed by atoms with Crippen LogP contribution in [0.2, 0.25) is 0 Å². The van der Waals surface area contributed by atoms with E-state index in [4.69, 9.17) is 10.2 Å². The quantitative estimate of drug-likeness (QED) is 0.844. The first kappa shape index (κ1) is 11.2. The fourth-order valence-electron chi connectivity index (χ4n) is 2.20. The van der Waals surface area contributed by atoms with E-state index in [1.165, 1.54) is 0 Å². The molecule has 0 aliphatic carbocycles. The van der Waals surface area contributed by atoms with Gasteiger partial charge in [0.2, 0.25) is 0 Å². The van der Waals surface area contributed by atoms with Crippen LogP contribution >= 0.6 is 0 Å². The molecule has 86 valence electrons. The van der Waals surface area contributed by atoms with Crippen molar-refractivity contribution in [3.8, 4) is 0 Å². The Morgan fingerprint density at radius 1 is 1.19 bits per heavy atom. The minimum atomic E-state index is 0.0161. The Morgan fingerprint density at radius 2 is 1.88 bits per heavy atom. The van der Waals surface area contributed by atoms with Gasteiger partial charge < -0.3 is 10.2 Å². The molecule has 0 bridgehead atoms. The van der Waals surface area contributed by atoms with Crippen LogP contribution in [0.4, 0.5) is 0 Å². The van der Waals surface area contributed by atoms with Gasteiger partial charge in [0.1, 0.15) is 11.3 Å². The lowest BCUT2D eigenvalue weighted by molar-refractivity contribution is 0.355. The minimum absolute atomic E-state index is 0.0161. The summed E-state index contributed by atoms with van der Waals surface area (Å²) in [5.41, 5.74) is 7.16. The van der Waals surface area contributed by atoms with E-state index in [0.29, 0.717) is 5.92 Å². The molecule has 2 N–H and O–H groups in total. The molecule has 2 nitrogen and oxygen atoms in total. The Morgan fingerprint density at radius 3 is 2.50 bits per heavy atom. The number of furan rings is 1. The predicted molar refractivity (Wildman–Crippen MR) is 67.2 cm³/mol. The van der Waals surface area contributed by atoms with Gasteiger partial charge in [0.05, 0.1) is 6.04 Å². The average molecular weight is 217 g/mol. The van der Waals surface area contributed by atoms with Crippen molar-refractivity contribution in [1.29, 1.82) is 0 Å². The van der Waals surface area contributed by atoms with Crippen LogP contribution in [0.25, 0.3) is 11.0 Å². The van der Waals surface area contributed by atoms with E-state index in [1.807, 2.05) is 18.2 Å². The zero-order valence-corrected chi connectivity index (χ0v) is 9.94. The Hall–Kier alpha value is -1.28. The Balaban J connectivity index is 2.32. The van der Waals surface area contributed by atoms with Crippen LogP contribution in [0.1, 0.15) is 38.5 Å². The van der Waals surface area contributed by atoms with Crippen LogP contribution in [0, 0.1) is 5.92 Å². The number of benzene rings is 1. The van der Waals surface area contributed by atoms with Crippen molar-refractivity contribution in [2.75, 3.05) is 0 Å². The Labute approximate surface area is 96.4 Å². The fraction of sp³-hybridized carbons (Fsp3) is 0.429. The molecule has 2 aromatic rings. The van der Waals surface area contributed by atoms with E-state index < -0.39 is 0 Å². The van der Waals surface area contributed by atoms with Gasteiger partial charge in [-0.05, 0) is 18.1 Å². The maximum atomic E-state index is 6.23. The molecule has 2 heteroatoms. The monoisotopic (exact) mass is 217 g/mol. The molecule has 2 rings (SSSR count). The average Bonchev–Trinajstić information content (AvgIpc) is 2.74. The SMILES string of the molecule is CCC(CC)C(N)c1cc2ccccc2o1. The third-order valence-electron chi connectivity index (χ3n) is 3.33. The molecule has 1 aromatic carbocycles. The van der Waals surface area contributed by atoms with E-state index in [9.17, 15) is 0 Å². The number of fused-ring (bicyclic) bond motifs is 1. The van der Waals surface area contributed by atoms with Crippen LogP contribution in [0.15, 0.2) is 34.7 Å². The number of hydrogen-bond acceptors (Lipinski definition) is 2. The van der Waals surface area contributed by atoms with Crippen LogP contribution < -0.4 is 5.73 Å². The molecular weight excluding hydrogens is 198 g/mol. The molecule has 0 spiro atoms. The van der Waals surface area contributed by atoms with Gasteiger partial charge in [-0.1, -0.05) is 44.9 Å². The lowest BCUT2D eigenvalue weighted by Gasteiger charge is -2.18. The van der Waals surface area contributed by atoms with Gasteiger partial charge in [-0.2, -0.15) is 0 Å². The second-order valence-corrected chi connectivity index (χ2v) is 4.29. The third-order valence-corrected chi connectivity index (χ3v) is 3.33. The normalized spacial score (nSPS) is 13.5. The summed E-state index contributed by atoms with van der Waals surface area (Å²) in [6.45, 7) is 4.35. The van der Waals surface area contributed by atoms with Crippen molar-refractivity contribution in [2.24, 2.45) is 11.7 Å². The summed E-state index contributed by atoms with van der Waals surface area (Å²) in [5, 5.41) is 1.14. The summed E-state index contributed by atoms with van der Waals surface area (Å²) < 4.78 is 5.79. The van der Waals surface area contributed by atoms with Gasteiger partial charge >= 0.3 is 0 Å². The first-order valence-corrected chi connectivity index (χ1v) is 6.00. The highest BCUT2D eigenvalue weighted by Gasteiger charge is 2.19. The molecule has 1 aromatic heterocycles. The first-order chi connectivity index (χ1) is 7.76. The van der Waals surface area contributed by atoms with Crippen LogP contribution in [0.3, 0.4) is 0 Å². The van der Waals surface area contributed by atoms with E-state index in [1.54, 1.807) is 0 Å². The van der Waals surface area contributed by atoms with Gasteiger partial charge in [0, 0.05) is 5.39 Å². The molecule has 0 amide bonds. The van der Waals surface area contributed by atoms with Gasteiger partial charge in [0.25, 0.3) is 0 Å². The number of rotatable bonds is 4. The molecule has 0 saturated carbocycles. The molecule has 0 radical (unpaired) electrons. The minimum Gasteiger partial charge on any atom is -0.459 e. The van der Waals surface area contributed by atoms with E-state index >= 15 is 0 Å². The molecule has 1 heterocycles. The topological polar surface area (TPSA) is 39.2 Å². The van der Waals surface area contributed by atoms with Crippen molar-refractivity contribution in [2.45, 2.75) is 32.7 Å². The smallest absolute Gasteiger partial charge is 0.134 e. The van der Waals surface area contributed by atoms with Gasteiger partial charge in [-0.3, -0.25) is 0 Å². The third kappa shape index (κ3) is 1.98. The van der Waals surface area contributed by atoms with Crippen molar-refractivity contribution in [3.63, 3.8) is 0 Å². The van der Waals surface area contributed by atoms with Gasteiger partial charge in [0.15, 0.2) is 0 Å². The second kappa shape index (κ2) is 4.71. The van der Waals surface area contributed by atoms with Crippen LogP contribution in [0.5, 0.6) is 0 Å². The number of para-hydroxylation sites is 1. The molecule has 1 atom stereocenters. The van der Waals surface area contributed by atoms with Crippen molar-refractivity contribution < 1.29 is 4.42 Å². The summed E-state index contributed by atoms with van der Waals surface area (Å²) in [7, 11) is 0. The zero-order chi connectivity index (χ0) is 11.5. The van der Waals surface area contributed by atoms with E-state index in [2.05, 4.69) is 26.0 Å². The summed E-state index contributed by atoms with van der Waals surface area (Å²) in [4.78, 5) is 0. The highest BCUT2D eigenvalue weighted by molar-refractivity contribution is 5.77. The highest BCUT2D eigenvalue weighted by Crippen LogP contribution is 2.29. The molecule has 0 aliphatic heterocycles. The maximum absolute atomic E-state index is 6.23. The zero-order valence-electron chi connectivity index (χ0n) is 9.94. The first-order valence-electron chi connectivity index (χ1n) is 6.00. The lowest BCUT2D eigenvalue weighted by atomic mass is 9.93. The van der Waals surface area contributed by atoms with E-state index in [-0.39, 0.29) is 6.04 Å². The van der Waals surface area contributed by atoms with E-state index in [0.717, 1.165) is 29.6 Å². The molecule has 0 saturated heterocycles. The maximum Gasteiger partial charge on any atom is 0.134 e. The summed E-state index contributed by atoms with van der Waals surface area (Å²) in [5.74, 6) is 1.41. The number of hydrogen-bond donors (Lipinski definition) is 1. The van der Waals surface area contributed by atoms with Crippen molar-refractivity contribution >= 4 is 11.0 Å². The van der Waals surface area contributed by atoms with Crippen LogP contribution in [-0.2, 0) is 0 Å². The fourth-order valence-corrected chi connectivity index (χ4v) is 2.20. The molecule has 16 heavy (non-hydrogen) atoms. The van der Waals surface area contributed by atoms with Gasteiger partial charge in [-0.25, -0.2) is 0 Å². The summed E-state index contributed by atoms with van der Waals surface area (Å²) in [6.07, 6.45) is 2.18. The summed E-state index contributed by atoms with van der Waals surface area (Å²) >= 11 is 0. The Kier molecular flexibility index (Phi) is 3.30. The standard InChI is InChI=1S/C14H19NO/c1-3-10(4-2)14(15)13-9-11-7-5-6-8-12(11)16-13/h5-10,14H,3-4,15H2,1-2H3. The van der Waals surface area contributed by atoms with Crippen LogP contribution in [-0.4, -0.2) is 0 Å². The highest BCUT2D eigenvalue weighted by atomic mass is 16.3. The predicted octanol–water partition coefficient (Wildman–Crippen LogP) is 3.87. The molecule has 0 aliphatic rings. The molecule has 1 unspecified atom stereocenters. The van der Waals surface area contributed by atoms with Crippen molar-refractivity contribution in [3.05, 3.63) is 36.1 Å². The van der Waals surface area contributed by atoms with Crippen molar-refractivity contribution in [1.82, 2.24) is 0 Å². The molecular formula is C14H19NO. The number of nitrogens with two attached hydrogens (primary N) is 1. The van der Waals surface area contributed by atoms with Gasteiger partial charge in [-0.15, -0.1) is 0 Å². The second-order valence-electron chi connectivity index (χ2n) is 4.29. The summed E-state index contributed by atoms with van der Waals surface area (Å²) in [6, 6.07) is 10.1. The Bertz CT molecular complexity index is 423.